The number of morpholine rings is 3. The number of nitrogens with zero attached hydrogens (tertiary/aromatic N) is 6. The maximum Gasteiger partial charge on any atom is 0.439 e. The first-order valence-corrected chi connectivity index (χ1v) is 35.9. The Morgan fingerprint density at radius 1 is 0.505 bits per heavy atom. The highest BCUT2D eigenvalue weighted by molar-refractivity contribution is 14.1. The Morgan fingerprint density at radius 2 is 0.881 bits per heavy atom. The van der Waals surface area contributed by atoms with Gasteiger partial charge in [-0.25, -0.2) is 19.2 Å². The van der Waals surface area contributed by atoms with Gasteiger partial charge in [0.05, 0.1) is 19.8 Å². The van der Waals surface area contributed by atoms with Crippen LogP contribution in [0, 0.1) is 3.57 Å². The summed E-state index contributed by atoms with van der Waals surface area (Å²) in [7, 11) is 0. The summed E-state index contributed by atoms with van der Waals surface area (Å²) >= 11 is 2.23. The van der Waals surface area contributed by atoms with Crippen molar-refractivity contribution in [2.24, 2.45) is 0 Å². The predicted octanol–water partition coefficient (Wildman–Crippen LogP) is 6.56. The van der Waals surface area contributed by atoms with Crippen LogP contribution in [-0.2, 0) is 91.7 Å². The van der Waals surface area contributed by atoms with Crippen molar-refractivity contribution in [3.05, 3.63) is 234 Å². The fourth-order valence-electron chi connectivity index (χ4n) is 12.3. The van der Waals surface area contributed by atoms with Gasteiger partial charge in [0.25, 0.3) is 35.4 Å². The Balaban J connectivity index is 0.000000151. The molecule has 30 heteroatoms. The number of carbonyl (C=O) groups is 9. The van der Waals surface area contributed by atoms with Gasteiger partial charge in [-0.1, -0.05) is 96.2 Å². The van der Waals surface area contributed by atoms with E-state index in [1.54, 1.807) is 124 Å². The number of aliphatic carboxylic acids is 1. The van der Waals surface area contributed by atoms with Crippen LogP contribution < -0.4 is 26.6 Å². The fourth-order valence-corrected chi connectivity index (χ4v) is 12.8. The number of carboxylic acids is 1. The molecule has 0 aliphatic carbocycles. The number of H-pyrrole nitrogens is 1. The molecule has 0 spiro atoms. The monoisotopic (exact) mass is 1610 g/mol. The minimum Gasteiger partial charge on any atom is -0.479 e. The van der Waals surface area contributed by atoms with E-state index >= 15 is 0 Å². The molecule has 8 aromatic rings. The average molecular weight is 1610 g/mol. The lowest BCUT2D eigenvalue weighted by Gasteiger charge is -2.34. The predicted molar refractivity (Wildman–Crippen MR) is 403 cm³/mol. The number of aliphatic hydroxyl groups excluding tert-OH is 3. The molecule has 0 saturated carbocycles. The number of nitrogens with one attached hydrogen (secondary N) is 2. The number of aliphatic hydroxyl groups is 3. The van der Waals surface area contributed by atoms with Crippen molar-refractivity contribution in [2.45, 2.75) is 129 Å². The summed E-state index contributed by atoms with van der Waals surface area (Å²) in [6.07, 6.45) is -9.30. The van der Waals surface area contributed by atoms with Crippen molar-refractivity contribution in [3.8, 4) is 11.4 Å². The van der Waals surface area contributed by atoms with Crippen molar-refractivity contribution < 1.29 is 91.8 Å². The zero-order chi connectivity index (χ0) is 78.4. The number of anilines is 3. The number of nitrogens with two attached hydrogens (primary N) is 1. The molecule has 14 rings (SSSR count). The molecule has 572 valence electrons. The molecule has 0 unspecified atom stereocenters. The standard InChI is InChI=1S/C25H28N2O6.C21H20N2O6.C15H12INO.C10H17NO5.C8H7N3O2/c1-25(2,3)33-24(31)20(28)21-23(30)27(11-12-32-21)19-10-6-9-16(13-19)22(29)26-14-17-7-4-5-8-18(17)15-26;24-17(21(27)28)18-20(26)23(8-9-29-18)16-7-3-6-13(10-16)19(25)22-11-14-4-1-2-5-15(14)12-22;16-14-7-3-6-11(8-14)15(18)17-9-12-4-1-2-5-13(12)10-17;1-10(2,3)16-9(14)6(12)7-8(13)11-4-5-15-7;9-6-3-1-5(2-4-6)7-10-8(12)13-11-7/h4-10,13,20-21,28H,11-12,14-15H2,1-3H3;1-7,10,17-18,24H,8-9,11-12H2,(H,27,28);1-8H,9-10H2;6-7,12H,4-5H2,1-3H3,(H,11,13);1-4H,9H2,(H,10,11,12)/t20-,21-;17-,18-;;6-,7-;/m11.1./s1. The first-order valence-electron chi connectivity index (χ1n) is 34.8. The SMILES string of the molecule is CC(C)(C)OC(=O)[C@H](O)[C@H]1OCCN(c2cccc(C(=O)N3Cc4ccccc4C3)c2)C1=O.CC(C)(C)OC(=O)[C@H](O)[C@H]1OCCNC1=O.Nc1ccc(-c2noc(=O)[nH]2)cc1.O=C(O)[C@H](O)[C@H]1OCCN(c2cccc(C(=O)N3Cc4ccccc4C3)c2)C1=O.O=C(c1cccc(I)c1)N1Cc2ccccc2C1. The summed E-state index contributed by atoms with van der Waals surface area (Å²) in [6, 6.07) is 52.2. The zero-order valence-electron chi connectivity index (χ0n) is 60.6. The molecule has 29 nitrogen and oxygen atoms in total. The highest BCUT2D eigenvalue weighted by Crippen LogP contribution is 2.31. The van der Waals surface area contributed by atoms with Crippen LogP contribution in [0.1, 0.15) is 106 Å². The second kappa shape index (κ2) is 35.8. The molecular formula is C79H84IN9O20. The smallest absolute Gasteiger partial charge is 0.439 e. The quantitative estimate of drug-likeness (QED) is 0.0387. The number of carbonyl (C=O) groups excluding carboxylic acids is 8. The molecule has 1 aromatic heterocycles. The molecule has 6 atom stereocenters. The van der Waals surface area contributed by atoms with Gasteiger partial charge >= 0.3 is 23.7 Å². The summed E-state index contributed by atoms with van der Waals surface area (Å²) in [4.78, 5) is 131. The number of ether oxygens (including phenoxy) is 5. The van der Waals surface area contributed by atoms with E-state index < -0.39 is 89.2 Å². The van der Waals surface area contributed by atoms with Crippen molar-refractivity contribution in [1.29, 1.82) is 0 Å². The molecule has 3 saturated heterocycles. The number of aromatic amines is 1. The van der Waals surface area contributed by atoms with Gasteiger partial charge in [-0.2, -0.15) is 0 Å². The Labute approximate surface area is 640 Å². The zero-order valence-corrected chi connectivity index (χ0v) is 62.7. The van der Waals surface area contributed by atoms with Crippen LogP contribution in [0.2, 0.25) is 0 Å². The van der Waals surface area contributed by atoms with E-state index in [1.807, 2.05) is 89.8 Å². The van der Waals surface area contributed by atoms with Gasteiger partial charge in [-0.05, 0) is 176 Å². The number of esters is 2. The van der Waals surface area contributed by atoms with Crippen LogP contribution in [0.3, 0.4) is 0 Å². The van der Waals surface area contributed by atoms with Crippen molar-refractivity contribution in [2.75, 3.05) is 55.0 Å². The lowest BCUT2D eigenvalue weighted by Crippen LogP contribution is -2.55. The Hall–Kier alpha value is -11.0. The number of amides is 6. The molecular weight excluding hydrogens is 1520 g/mol. The van der Waals surface area contributed by atoms with Crippen molar-refractivity contribution in [1.82, 2.24) is 30.2 Å². The summed E-state index contributed by atoms with van der Waals surface area (Å²) < 4.78 is 31.2. The highest BCUT2D eigenvalue weighted by Gasteiger charge is 2.43. The van der Waals surface area contributed by atoms with E-state index in [0.717, 1.165) is 50.0 Å². The lowest BCUT2D eigenvalue weighted by atomic mass is 10.1. The second-order valence-electron chi connectivity index (χ2n) is 27.9. The number of rotatable bonds is 12. The molecule has 0 bridgehead atoms. The van der Waals surface area contributed by atoms with Gasteiger partial charge in [0.2, 0.25) is 0 Å². The number of aromatic nitrogens is 2. The number of carboxylic acid groups (broad SMARTS) is 1. The third-order valence-corrected chi connectivity index (χ3v) is 18.2. The normalized spacial score (nSPS) is 18.0. The maximum atomic E-state index is 13.1. The van der Waals surface area contributed by atoms with Crippen LogP contribution in [0.25, 0.3) is 11.4 Å². The van der Waals surface area contributed by atoms with E-state index in [9.17, 15) is 63.3 Å². The Bertz CT molecular complexity index is 4630. The first-order chi connectivity index (χ1) is 51.9. The van der Waals surface area contributed by atoms with E-state index in [1.165, 1.54) is 20.9 Å². The average Bonchev–Trinajstić information content (AvgIpc) is 1.76. The van der Waals surface area contributed by atoms with Crippen LogP contribution in [0.15, 0.2) is 179 Å². The maximum absolute atomic E-state index is 13.1. The minimum absolute atomic E-state index is 0.0837. The second-order valence-corrected chi connectivity index (χ2v) is 29.1. The minimum atomic E-state index is -1.95. The first kappa shape index (κ1) is 80.5. The largest absolute Gasteiger partial charge is 0.479 e. The van der Waals surface area contributed by atoms with Gasteiger partial charge in [0.1, 0.15) is 11.2 Å². The fraction of sp³-hybridized carbons (Fsp3) is 0.329. The lowest BCUT2D eigenvalue weighted by molar-refractivity contribution is -0.178. The van der Waals surface area contributed by atoms with Gasteiger partial charge < -0.3 is 79.7 Å². The molecule has 0 radical (unpaired) electrons. The number of fused-ring (bicyclic) bond motifs is 3. The third kappa shape index (κ3) is 21.0. The van der Waals surface area contributed by atoms with Crippen LogP contribution in [0.4, 0.5) is 17.1 Å². The summed E-state index contributed by atoms with van der Waals surface area (Å²) in [5, 5.41) is 44.7. The Morgan fingerprint density at radius 3 is 1.25 bits per heavy atom. The molecule has 109 heavy (non-hydrogen) atoms. The van der Waals surface area contributed by atoms with Crippen molar-refractivity contribution >= 4 is 93.0 Å². The molecule has 7 heterocycles. The number of nitrogen functional groups attached to an aromatic ring is 1. The topological polar surface area (TPSA) is 394 Å². The van der Waals surface area contributed by atoms with Gasteiger partial charge in [-0.15, -0.1) is 0 Å². The number of hydrogen-bond donors (Lipinski definition) is 7. The van der Waals surface area contributed by atoms with E-state index in [0.29, 0.717) is 66.7 Å². The molecule has 6 aliphatic heterocycles. The Kier molecular flexibility index (Phi) is 26.5. The number of halogens is 1. The van der Waals surface area contributed by atoms with E-state index in [-0.39, 0.29) is 50.6 Å². The van der Waals surface area contributed by atoms with Crippen LogP contribution in [0.5, 0.6) is 0 Å². The molecule has 6 aliphatic rings. The molecule has 3 fully saturated rings. The molecule has 8 N–H and O–H groups in total. The highest BCUT2D eigenvalue weighted by atomic mass is 127. The summed E-state index contributed by atoms with van der Waals surface area (Å²) in [5.74, 6) is -5.31. The van der Waals surface area contributed by atoms with Gasteiger partial charge in [0.15, 0.2) is 42.4 Å². The third-order valence-electron chi connectivity index (χ3n) is 17.5. The summed E-state index contributed by atoms with van der Waals surface area (Å²) in [6.45, 7) is 15.0. The van der Waals surface area contributed by atoms with E-state index in [4.69, 9.17) is 34.5 Å². The van der Waals surface area contributed by atoms with Gasteiger partial charge in [0, 0.05) is 102 Å². The number of hydrogen-bond acceptors (Lipinski definition) is 21. The van der Waals surface area contributed by atoms with Crippen LogP contribution in [-0.4, -0.2) is 186 Å². The number of benzene rings is 7. The summed E-state index contributed by atoms with van der Waals surface area (Å²) in [5.41, 5.74) is 15.1. The molecule has 7 aromatic carbocycles. The van der Waals surface area contributed by atoms with Gasteiger partial charge in [-0.3, -0.25) is 38.3 Å². The van der Waals surface area contributed by atoms with Crippen molar-refractivity contribution in [3.63, 3.8) is 0 Å². The van der Waals surface area contributed by atoms with E-state index in [2.05, 4.69) is 54.7 Å². The van der Waals surface area contributed by atoms with Crippen LogP contribution >= 0.6 is 22.6 Å². The molecule has 6 amide bonds.